The summed E-state index contributed by atoms with van der Waals surface area (Å²) < 4.78 is 5.17. The molecule has 2 aromatic heterocycles. The highest BCUT2D eigenvalue weighted by molar-refractivity contribution is 5.96. The molecule has 0 aliphatic carbocycles. The Morgan fingerprint density at radius 3 is 2.75 bits per heavy atom. The normalized spacial score (nSPS) is 12.7. The number of amides is 1. The molecule has 1 aromatic carbocycles. The van der Waals surface area contributed by atoms with Crippen molar-refractivity contribution >= 4 is 16.9 Å². The van der Waals surface area contributed by atoms with E-state index in [1.807, 2.05) is 31.2 Å². The van der Waals surface area contributed by atoms with Crippen LogP contribution in [0.1, 0.15) is 54.4 Å². The summed E-state index contributed by atoms with van der Waals surface area (Å²) in [5, 5.41) is 7.03. The highest BCUT2D eigenvalue weighted by Crippen LogP contribution is 2.23. The summed E-state index contributed by atoms with van der Waals surface area (Å²) in [6, 6.07) is 7.62. The SMILES string of the molecule is CCc1noc(C)c1C(=O)N[C@H](c1nc2ccccc2[nH]1)C(C)C. The van der Waals surface area contributed by atoms with Crippen molar-refractivity contribution in [3.05, 3.63) is 47.1 Å². The van der Waals surface area contributed by atoms with Crippen LogP contribution in [0.5, 0.6) is 0 Å². The summed E-state index contributed by atoms with van der Waals surface area (Å²) in [6.07, 6.45) is 0.650. The Morgan fingerprint density at radius 2 is 2.08 bits per heavy atom. The number of para-hydroxylation sites is 2. The van der Waals surface area contributed by atoms with Gasteiger partial charge in [0, 0.05) is 0 Å². The van der Waals surface area contributed by atoms with Crippen LogP contribution in [0.4, 0.5) is 0 Å². The number of benzene rings is 1. The minimum absolute atomic E-state index is 0.176. The third kappa shape index (κ3) is 2.91. The van der Waals surface area contributed by atoms with Gasteiger partial charge in [0.25, 0.3) is 5.91 Å². The van der Waals surface area contributed by atoms with E-state index >= 15 is 0 Å². The lowest BCUT2D eigenvalue weighted by Gasteiger charge is -2.20. The maximum atomic E-state index is 12.8. The number of nitrogens with one attached hydrogen (secondary N) is 2. The third-order valence-corrected chi connectivity index (χ3v) is 4.15. The molecule has 2 heterocycles. The second kappa shape index (κ2) is 6.47. The third-order valence-electron chi connectivity index (χ3n) is 4.15. The molecule has 0 saturated heterocycles. The number of aromatic nitrogens is 3. The molecule has 0 spiro atoms. The number of aryl methyl sites for hydroxylation is 2. The average molecular weight is 326 g/mol. The van der Waals surface area contributed by atoms with E-state index in [-0.39, 0.29) is 17.9 Å². The molecule has 0 aliphatic heterocycles. The van der Waals surface area contributed by atoms with Gasteiger partial charge in [-0.05, 0) is 31.4 Å². The van der Waals surface area contributed by atoms with Gasteiger partial charge in [0.05, 0.1) is 22.8 Å². The summed E-state index contributed by atoms with van der Waals surface area (Å²) in [4.78, 5) is 20.7. The number of imidazole rings is 1. The predicted molar refractivity (Wildman–Crippen MR) is 91.8 cm³/mol. The number of fused-ring (bicyclic) bond motifs is 1. The van der Waals surface area contributed by atoms with Gasteiger partial charge >= 0.3 is 0 Å². The lowest BCUT2D eigenvalue weighted by atomic mass is 10.0. The zero-order chi connectivity index (χ0) is 17.3. The highest BCUT2D eigenvalue weighted by Gasteiger charge is 2.26. The van der Waals surface area contributed by atoms with Crippen LogP contribution in [0.25, 0.3) is 11.0 Å². The molecule has 0 aliphatic rings. The van der Waals surface area contributed by atoms with Crippen LogP contribution in [-0.4, -0.2) is 21.0 Å². The molecule has 0 bridgehead atoms. The summed E-state index contributed by atoms with van der Waals surface area (Å²) in [7, 11) is 0. The van der Waals surface area contributed by atoms with Crippen molar-refractivity contribution in [3.63, 3.8) is 0 Å². The van der Waals surface area contributed by atoms with E-state index in [1.54, 1.807) is 6.92 Å². The molecule has 1 amide bonds. The molecular weight excluding hydrogens is 304 g/mol. The van der Waals surface area contributed by atoms with E-state index < -0.39 is 0 Å². The molecule has 24 heavy (non-hydrogen) atoms. The number of carbonyl (C=O) groups is 1. The summed E-state index contributed by atoms with van der Waals surface area (Å²) >= 11 is 0. The van der Waals surface area contributed by atoms with Crippen molar-refractivity contribution in [1.29, 1.82) is 0 Å². The second-order valence-electron chi connectivity index (χ2n) is 6.25. The van der Waals surface area contributed by atoms with E-state index in [1.165, 1.54) is 0 Å². The lowest BCUT2D eigenvalue weighted by molar-refractivity contribution is 0.0921. The Bertz CT molecular complexity index is 830. The predicted octanol–water partition coefficient (Wildman–Crippen LogP) is 3.55. The van der Waals surface area contributed by atoms with Crippen LogP contribution in [0.15, 0.2) is 28.8 Å². The van der Waals surface area contributed by atoms with Crippen LogP contribution < -0.4 is 5.32 Å². The van der Waals surface area contributed by atoms with E-state index in [4.69, 9.17) is 4.52 Å². The van der Waals surface area contributed by atoms with Gasteiger partial charge in [-0.15, -0.1) is 0 Å². The number of carbonyl (C=O) groups excluding carboxylic acids is 1. The Balaban J connectivity index is 1.91. The number of aromatic amines is 1. The van der Waals surface area contributed by atoms with E-state index in [0.29, 0.717) is 23.4 Å². The molecule has 2 N–H and O–H groups in total. The van der Waals surface area contributed by atoms with E-state index in [2.05, 4.69) is 34.3 Å². The maximum absolute atomic E-state index is 12.8. The Morgan fingerprint density at radius 1 is 1.33 bits per heavy atom. The van der Waals surface area contributed by atoms with Gasteiger partial charge in [-0.3, -0.25) is 4.79 Å². The molecule has 0 saturated carbocycles. The van der Waals surface area contributed by atoms with Crippen molar-refractivity contribution < 1.29 is 9.32 Å². The molecule has 0 radical (unpaired) electrons. The molecule has 0 unspecified atom stereocenters. The largest absolute Gasteiger partial charge is 0.361 e. The van der Waals surface area contributed by atoms with Crippen molar-refractivity contribution in [1.82, 2.24) is 20.4 Å². The minimum Gasteiger partial charge on any atom is -0.361 e. The van der Waals surface area contributed by atoms with Crippen LogP contribution in [0, 0.1) is 12.8 Å². The topological polar surface area (TPSA) is 83.8 Å². The van der Waals surface area contributed by atoms with Crippen LogP contribution >= 0.6 is 0 Å². The zero-order valence-electron chi connectivity index (χ0n) is 14.4. The fourth-order valence-electron chi connectivity index (χ4n) is 2.83. The number of H-pyrrole nitrogens is 1. The monoisotopic (exact) mass is 326 g/mol. The molecule has 3 rings (SSSR count). The Hall–Kier alpha value is -2.63. The van der Waals surface area contributed by atoms with Gasteiger partial charge < -0.3 is 14.8 Å². The second-order valence-corrected chi connectivity index (χ2v) is 6.25. The molecule has 6 nitrogen and oxygen atoms in total. The van der Waals surface area contributed by atoms with Crippen molar-refractivity contribution in [2.45, 2.75) is 40.2 Å². The first-order valence-corrected chi connectivity index (χ1v) is 8.22. The van der Waals surface area contributed by atoms with Gasteiger partial charge in [-0.1, -0.05) is 38.1 Å². The van der Waals surface area contributed by atoms with Gasteiger partial charge in [0.2, 0.25) is 0 Å². The fraction of sp³-hybridized carbons (Fsp3) is 0.389. The fourth-order valence-corrected chi connectivity index (χ4v) is 2.83. The van der Waals surface area contributed by atoms with Gasteiger partial charge in [0.15, 0.2) is 0 Å². The molecular formula is C18H22N4O2. The van der Waals surface area contributed by atoms with Crippen LogP contribution in [0.2, 0.25) is 0 Å². The molecule has 0 fully saturated rings. The number of hydrogen-bond donors (Lipinski definition) is 2. The average Bonchev–Trinajstić information content (AvgIpc) is 3.14. The van der Waals surface area contributed by atoms with Gasteiger partial charge in [-0.2, -0.15) is 0 Å². The number of nitrogens with zero attached hydrogens (tertiary/aromatic N) is 2. The highest BCUT2D eigenvalue weighted by atomic mass is 16.5. The maximum Gasteiger partial charge on any atom is 0.257 e. The quantitative estimate of drug-likeness (QED) is 0.751. The summed E-state index contributed by atoms with van der Waals surface area (Å²) in [5.74, 6) is 1.30. The smallest absolute Gasteiger partial charge is 0.257 e. The van der Waals surface area contributed by atoms with Crippen molar-refractivity contribution in [2.24, 2.45) is 5.92 Å². The van der Waals surface area contributed by atoms with Crippen LogP contribution in [-0.2, 0) is 6.42 Å². The number of rotatable bonds is 5. The standard InChI is InChI=1S/C18H22N4O2/c1-5-12-15(11(4)24-22-12)18(23)21-16(10(2)3)17-19-13-8-6-7-9-14(13)20-17/h6-10,16H,5H2,1-4H3,(H,19,20)(H,21,23)/t16-/m0/s1. The summed E-state index contributed by atoms with van der Waals surface area (Å²) in [5.41, 5.74) is 3.06. The Kier molecular flexibility index (Phi) is 4.38. The minimum atomic E-state index is -0.219. The van der Waals surface area contributed by atoms with Crippen molar-refractivity contribution in [3.8, 4) is 0 Å². The first-order valence-electron chi connectivity index (χ1n) is 8.22. The first-order chi connectivity index (χ1) is 11.5. The van der Waals surface area contributed by atoms with Gasteiger partial charge in [-0.25, -0.2) is 4.98 Å². The van der Waals surface area contributed by atoms with Crippen molar-refractivity contribution in [2.75, 3.05) is 0 Å². The Labute approximate surface area is 140 Å². The van der Waals surface area contributed by atoms with Gasteiger partial charge in [0.1, 0.15) is 17.1 Å². The summed E-state index contributed by atoms with van der Waals surface area (Å²) in [6.45, 7) is 7.82. The van der Waals surface area contributed by atoms with E-state index in [0.717, 1.165) is 16.9 Å². The molecule has 126 valence electrons. The zero-order valence-corrected chi connectivity index (χ0v) is 14.4. The molecule has 1 atom stereocenters. The molecule has 6 heteroatoms. The lowest BCUT2D eigenvalue weighted by Crippen LogP contribution is -2.33. The molecule has 3 aromatic rings. The van der Waals surface area contributed by atoms with Crippen LogP contribution in [0.3, 0.4) is 0 Å². The first kappa shape index (κ1) is 16.2. The van der Waals surface area contributed by atoms with E-state index in [9.17, 15) is 4.79 Å². The number of hydrogen-bond acceptors (Lipinski definition) is 4.